The molecule has 5 heteroatoms. The lowest BCUT2D eigenvalue weighted by atomic mass is 9.77. The Hall–Kier alpha value is -2.40. The smallest absolute Gasteiger partial charge is 0.334 e. The average molecular weight is 383 g/mol. The van der Waals surface area contributed by atoms with Crippen LogP contribution < -0.4 is 4.90 Å². The maximum absolute atomic E-state index is 12.7. The van der Waals surface area contributed by atoms with Crippen LogP contribution in [0.25, 0.3) is 0 Å². The molecule has 28 heavy (non-hydrogen) atoms. The molecule has 1 N–H and O–H groups in total. The van der Waals surface area contributed by atoms with E-state index in [-0.39, 0.29) is 30.3 Å². The molecule has 1 aromatic rings. The number of esters is 1. The minimum Gasteiger partial charge on any atom is -0.453 e. The van der Waals surface area contributed by atoms with Crippen LogP contribution in [-0.4, -0.2) is 36.2 Å². The normalized spacial score (nSPS) is 24.5. The Morgan fingerprint density at radius 1 is 1.36 bits per heavy atom. The van der Waals surface area contributed by atoms with Gasteiger partial charge < -0.3 is 14.7 Å². The highest BCUT2D eigenvalue weighted by Gasteiger charge is 2.39. The number of aliphatic hydroxyl groups is 1. The molecule has 5 nitrogen and oxygen atoms in total. The van der Waals surface area contributed by atoms with E-state index < -0.39 is 5.60 Å². The maximum atomic E-state index is 12.7. The largest absolute Gasteiger partial charge is 0.453 e. The molecule has 1 aromatic carbocycles. The summed E-state index contributed by atoms with van der Waals surface area (Å²) >= 11 is 0. The van der Waals surface area contributed by atoms with Crippen molar-refractivity contribution in [2.75, 3.05) is 18.6 Å². The number of aryl methyl sites for hydroxylation is 1. The van der Waals surface area contributed by atoms with E-state index >= 15 is 0 Å². The molecule has 150 valence electrons. The number of fused-ring (bicyclic) bond motifs is 1. The summed E-state index contributed by atoms with van der Waals surface area (Å²) in [6.45, 7) is 9.52. The number of benzene rings is 1. The third-order valence-electron chi connectivity index (χ3n) is 6.07. The SMILES string of the molecule is C=CC(c1ccc2c(c1)CCC(=O)N2C)C(C)C1=C(C)CC(C)(CO)OC1=O. The lowest BCUT2D eigenvalue weighted by Gasteiger charge is -2.36. The fourth-order valence-electron chi connectivity index (χ4n) is 4.50. The highest BCUT2D eigenvalue weighted by Crippen LogP contribution is 2.40. The van der Waals surface area contributed by atoms with Crippen molar-refractivity contribution in [3.05, 3.63) is 53.1 Å². The minimum atomic E-state index is -0.850. The van der Waals surface area contributed by atoms with Gasteiger partial charge in [-0.2, -0.15) is 0 Å². The molecule has 0 saturated carbocycles. The first-order valence-corrected chi connectivity index (χ1v) is 9.76. The number of amides is 1. The van der Waals surface area contributed by atoms with Crippen LogP contribution in [0.4, 0.5) is 5.69 Å². The molecule has 1 amide bonds. The quantitative estimate of drug-likeness (QED) is 0.624. The molecule has 2 heterocycles. The fraction of sp³-hybridized carbons (Fsp3) is 0.478. The zero-order valence-corrected chi connectivity index (χ0v) is 17.1. The second-order valence-corrected chi connectivity index (χ2v) is 8.26. The number of hydrogen-bond acceptors (Lipinski definition) is 4. The predicted octanol–water partition coefficient (Wildman–Crippen LogP) is 3.52. The number of cyclic esters (lactones) is 1. The Balaban J connectivity index is 1.94. The van der Waals surface area contributed by atoms with Crippen molar-refractivity contribution in [3.63, 3.8) is 0 Å². The Kier molecular flexibility index (Phi) is 5.48. The van der Waals surface area contributed by atoms with Gasteiger partial charge in [0.1, 0.15) is 5.60 Å². The highest BCUT2D eigenvalue weighted by molar-refractivity contribution is 5.96. The Bertz CT molecular complexity index is 856. The summed E-state index contributed by atoms with van der Waals surface area (Å²) in [7, 11) is 1.80. The van der Waals surface area contributed by atoms with Crippen molar-refractivity contribution in [2.24, 2.45) is 5.92 Å². The molecule has 0 fully saturated rings. The summed E-state index contributed by atoms with van der Waals surface area (Å²) in [4.78, 5) is 26.3. The monoisotopic (exact) mass is 383 g/mol. The Morgan fingerprint density at radius 2 is 2.07 bits per heavy atom. The molecule has 2 aliphatic heterocycles. The van der Waals surface area contributed by atoms with Crippen molar-refractivity contribution >= 4 is 17.6 Å². The molecule has 0 saturated heterocycles. The van der Waals surface area contributed by atoms with Gasteiger partial charge in [-0.15, -0.1) is 6.58 Å². The topological polar surface area (TPSA) is 66.8 Å². The number of anilines is 1. The molecule has 0 aliphatic carbocycles. The maximum Gasteiger partial charge on any atom is 0.334 e. The summed E-state index contributed by atoms with van der Waals surface area (Å²) in [6.07, 6.45) is 3.63. The van der Waals surface area contributed by atoms with E-state index in [9.17, 15) is 14.7 Å². The molecule has 3 unspecified atom stereocenters. The Labute approximate surface area is 166 Å². The predicted molar refractivity (Wildman–Crippen MR) is 109 cm³/mol. The first-order valence-electron chi connectivity index (χ1n) is 9.76. The van der Waals surface area contributed by atoms with Crippen molar-refractivity contribution in [1.82, 2.24) is 0 Å². The molecule has 2 aliphatic rings. The molecule has 0 bridgehead atoms. The van der Waals surface area contributed by atoms with Gasteiger partial charge in [0.25, 0.3) is 0 Å². The first kappa shape index (κ1) is 20.3. The number of nitrogens with zero attached hydrogens (tertiary/aromatic N) is 1. The zero-order valence-electron chi connectivity index (χ0n) is 17.1. The summed E-state index contributed by atoms with van der Waals surface area (Å²) in [5.74, 6) is -0.382. The minimum absolute atomic E-state index is 0.0517. The lowest BCUT2D eigenvalue weighted by Crippen LogP contribution is -2.41. The van der Waals surface area contributed by atoms with Gasteiger partial charge in [0, 0.05) is 37.1 Å². The van der Waals surface area contributed by atoms with Crippen molar-refractivity contribution in [2.45, 2.75) is 51.6 Å². The van der Waals surface area contributed by atoms with Gasteiger partial charge >= 0.3 is 5.97 Å². The van der Waals surface area contributed by atoms with Crippen LogP contribution in [-0.2, 0) is 20.7 Å². The Morgan fingerprint density at radius 3 is 2.68 bits per heavy atom. The van der Waals surface area contributed by atoms with Gasteiger partial charge in [0.15, 0.2) is 0 Å². The van der Waals surface area contributed by atoms with Crippen molar-refractivity contribution < 1.29 is 19.4 Å². The van der Waals surface area contributed by atoms with E-state index in [4.69, 9.17) is 4.74 Å². The lowest BCUT2D eigenvalue weighted by molar-refractivity contribution is -0.160. The molecule has 0 spiro atoms. The van der Waals surface area contributed by atoms with Crippen molar-refractivity contribution in [3.8, 4) is 0 Å². The number of ether oxygens (including phenoxy) is 1. The third kappa shape index (κ3) is 3.51. The number of aliphatic hydroxyl groups excluding tert-OH is 1. The molecule has 3 atom stereocenters. The fourth-order valence-corrected chi connectivity index (χ4v) is 4.50. The van der Waals surface area contributed by atoms with Gasteiger partial charge in [-0.3, -0.25) is 4.79 Å². The van der Waals surface area contributed by atoms with E-state index in [1.54, 1.807) is 18.9 Å². The summed E-state index contributed by atoms with van der Waals surface area (Å²) in [6, 6.07) is 6.12. The number of carbonyl (C=O) groups excluding carboxylic acids is 2. The molecular formula is C23H29NO4. The molecule has 3 rings (SSSR count). The summed E-state index contributed by atoms with van der Waals surface area (Å²) in [5, 5.41) is 9.55. The second kappa shape index (κ2) is 7.55. The number of rotatable bonds is 5. The van der Waals surface area contributed by atoms with Crippen molar-refractivity contribution in [1.29, 1.82) is 0 Å². The van der Waals surface area contributed by atoms with Gasteiger partial charge in [-0.05, 0) is 43.4 Å². The van der Waals surface area contributed by atoms with Crippen LogP contribution in [0.15, 0.2) is 42.0 Å². The van der Waals surface area contributed by atoms with E-state index in [1.165, 1.54) is 0 Å². The molecular weight excluding hydrogens is 354 g/mol. The average Bonchev–Trinajstić information content (AvgIpc) is 2.64. The summed E-state index contributed by atoms with van der Waals surface area (Å²) in [5.41, 5.74) is 3.94. The van der Waals surface area contributed by atoms with Crippen LogP contribution in [0.5, 0.6) is 0 Å². The number of allylic oxidation sites excluding steroid dienone is 1. The first-order chi connectivity index (χ1) is 13.2. The van der Waals surface area contributed by atoms with Gasteiger partial charge in [0.2, 0.25) is 5.91 Å². The van der Waals surface area contributed by atoms with E-state index in [0.29, 0.717) is 18.4 Å². The van der Waals surface area contributed by atoms with Crippen LogP contribution in [0, 0.1) is 5.92 Å². The second-order valence-electron chi connectivity index (χ2n) is 8.26. The number of hydrogen-bond donors (Lipinski definition) is 1. The highest BCUT2D eigenvalue weighted by atomic mass is 16.6. The van der Waals surface area contributed by atoms with Crippen LogP contribution in [0.1, 0.15) is 50.7 Å². The molecule has 0 aromatic heterocycles. The summed E-state index contributed by atoms with van der Waals surface area (Å²) < 4.78 is 5.55. The number of carbonyl (C=O) groups is 2. The van der Waals surface area contributed by atoms with E-state index in [1.807, 2.05) is 32.1 Å². The zero-order chi connectivity index (χ0) is 20.6. The molecule has 0 radical (unpaired) electrons. The van der Waals surface area contributed by atoms with Crippen LogP contribution in [0.2, 0.25) is 0 Å². The standard InChI is InChI=1S/C23H29NO4/c1-6-18(15(3)21-14(2)12-23(4,13-25)28-22(21)27)16-7-9-19-17(11-16)8-10-20(26)24(19)5/h6-7,9,11,15,18,25H,1,8,10,12-13H2,2-5H3. The van der Waals surface area contributed by atoms with Crippen LogP contribution in [0.3, 0.4) is 0 Å². The van der Waals surface area contributed by atoms with Gasteiger partial charge in [-0.1, -0.05) is 30.7 Å². The van der Waals surface area contributed by atoms with E-state index in [2.05, 4.69) is 12.6 Å². The van der Waals surface area contributed by atoms with Gasteiger partial charge in [-0.25, -0.2) is 4.79 Å². The van der Waals surface area contributed by atoms with Gasteiger partial charge in [0.05, 0.1) is 6.61 Å². The van der Waals surface area contributed by atoms with E-state index in [0.717, 1.165) is 28.8 Å². The third-order valence-corrected chi connectivity index (χ3v) is 6.07. The van der Waals surface area contributed by atoms with Crippen LogP contribution >= 0.6 is 0 Å².